The second kappa shape index (κ2) is 8.46. The summed E-state index contributed by atoms with van der Waals surface area (Å²) in [7, 11) is 1.79. The SMILES string of the molecule is COC(CN1CCc2sc(OCC(C)(F)F)nc2C1)C1CCC(N)CC1. The maximum absolute atomic E-state index is 13.0. The van der Waals surface area contributed by atoms with Crippen LogP contribution in [-0.4, -0.2) is 54.8 Å². The highest BCUT2D eigenvalue weighted by molar-refractivity contribution is 7.13. The highest BCUT2D eigenvalue weighted by Gasteiger charge is 2.30. The van der Waals surface area contributed by atoms with E-state index in [1.807, 2.05) is 0 Å². The fourth-order valence-electron chi connectivity index (χ4n) is 3.82. The van der Waals surface area contributed by atoms with Crippen LogP contribution in [0.4, 0.5) is 8.78 Å². The number of nitrogens with two attached hydrogens (primary N) is 1. The van der Waals surface area contributed by atoms with E-state index < -0.39 is 12.5 Å². The molecule has 1 fully saturated rings. The minimum atomic E-state index is -2.84. The summed E-state index contributed by atoms with van der Waals surface area (Å²) in [4.78, 5) is 7.92. The van der Waals surface area contributed by atoms with Crippen LogP contribution >= 0.6 is 11.3 Å². The molecule has 1 aromatic rings. The fraction of sp³-hybridized carbons (Fsp3) is 0.833. The quantitative estimate of drug-likeness (QED) is 0.777. The van der Waals surface area contributed by atoms with Crippen molar-refractivity contribution in [3.8, 4) is 5.19 Å². The lowest BCUT2D eigenvalue weighted by molar-refractivity contribution is -0.0231. The summed E-state index contributed by atoms with van der Waals surface area (Å²) >= 11 is 1.39. The van der Waals surface area contributed by atoms with Gasteiger partial charge in [-0.2, -0.15) is 0 Å². The first-order valence-corrected chi connectivity index (χ1v) is 10.2. The van der Waals surface area contributed by atoms with Crippen LogP contribution in [0.15, 0.2) is 0 Å². The van der Waals surface area contributed by atoms with Gasteiger partial charge in [-0.1, -0.05) is 11.3 Å². The number of hydrogen-bond acceptors (Lipinski definition) is 6. The molecule has 2 N–H and O–H groups in total. The van der Waals surface area contributed by atoms with E-state index in [9.17, 15) is 8.78 Å². The molecule has 2 aliphatic rings. The van der Waals surface area contributed by atoms with E-state index in [-0.39, 0.29) is 6.10 Å². The van der Waals surface area contributed by atoms with Crippen molar-refractivity contribution in [1.82, 2.24) is 9.88 Å². The van der Waals surface area contributed by atoms with E-state index in [1.54, 1.807) is 7.11 Å². The number of halogens is 2. The molecule has 148 valence electrons. The number of alkyl halides is 2. The zero-order chi connectivity index (χ0) is 18.7. The van der Waals surface area contributed by atoms with Gasteiger partial charge in [0.25, 0.3) is 11.1 Å². The topological polar surface area (TPSA) is 60.6 Å². The van der Waals surface area contributed by atoms with E-state index in [0.717, 1.165) is 69.2 Å². The molecule has 1 aliphatic carbocycles. The third kappa shape index (κ3) is 5.34. The molecule has 0 bridgehead atoms. The van der Waals surface area contributed by atoms with Crippen molar-refractivity contribution in [3.63, 3.8) is 0 Å². The summed E-state index contributed by atoms with van der Waals surface area (Å²) in [5, 5.41) is 0.350. The second-order valence-corrected chi connectivity index (χ2v) is 8.69. The van der Waals surface area contributed by atoms with E-state index in [0.29, 0.717) is 17.2 Å². The first-order chi connectivity index (χ1) is 12.3. The van der Waals surface area contributed by atoms with Crippen molar-refractivity contribution in [3.05, 3.63) is 10.6 Å². The van der Waals surface area contributed by atoms with Crippen LogP contribution in [0, 0.1) is 5.92 Å². The summed E-state index contributed by atoms with van der Waals surface area (Å²) in [6.45, 7) is 2.76. The average molecular weight is 390 g/mol. The van der Waals surface area contributed by atoms with E-state index in [2.05, 4.69) is 9.88 Å². The van der Waals surface area contributed by atoms with E-state index in [1.165, 1.54) is 11.3 Å². The van der Waals surface area contributed by atoms with Gasteiger partial charge in [-0.25, -0.2) is 13.8 Å². The molecule has 26 heavy (non-hydrogen) atoms. The van der Waals surface area contributed by atoms with Crippen molar-refractivity contribution in [1.29, 1.82) is 0 Å². The number of rotatable bonds is 7. The maximum Gasteiger partial charge on any atom is 0.278 e. The Hall–Kier alpha value is -0.830. The van der Waals surface area contributed by atoms with Crippen LogP contribution in [0.25, 0.3) is 0 Å². The standard InChI is InChI=1S/C18H29F2N3O2S/c1-18(19,20)11-25-17-22-14-9-23(8-7-16(14)26-17)10-15(24-2)12-3-5-13(21)6-4-12/h12-13,15H,3-11,21H2,1-2H3. The third-order valence-electron chi connectivity index (χ3n) is 5.32. The van der Waals surface area contributed by atoms with Gasteiger partial charge in [-0.15, -0.1) is 0 Å². The predicted octanol–water partition coefficient (Wildman–Crippen LogP) is 3.07. The minimum Gasteiger partial charge on any atom is -0.464 e. The highest BCUT2D eigenvalue weighted by Crippen LogP contribution is 2.32. The van der Waals surface area contributed by atoms with E-state index in [4.69, 9.17) is 15.2 Å². The number of nitrogens with zero attached hydrogens (tertiary/aromatic N) is 2. The number of fused-ring (bicyclic) bond motifs is 1. The molecular weight excluding hydrogens is 360 g/mol. The van der Waals surface area contributed by atoms with Gasteiger partial charge in [0.2, 0.25) is 0 Å². The number of thiazole rings is 1. The van der Waals surface area contributed by atoms with Gasteiger partial charge in [0.05, 0.1) is 11.8 Å². The van der Waals surface area contributed by atoms with Gasteiger partial charge in [0.15, 0.2) is 6.61 Å². The number of methoxy groups -OCH3 is 1. The Kier molecular flexibility index (Phi) is 6.48. The van der Waals surface area contributed by atoms with Gasteiger partial charge in [0.1, 0.15) is 0 Å². The Morgan fingerprint density at radius 3 is 2.73 bits per heavy atom. The first-order valence-electron chi connectivity index (χ1n) is 9.34. The minimum absolute atomic E-state index is 0.206. The lowest BCUT2D eigenvalue weighted by Gasteiger charge is -2.36. The zero-order valence-electron chi connectivity index (χ0n) is 15.5. The molecular formula is C18H29F2N3O2S. The molecule has 5 nitrogen and oxygen atoms in total. The van der Waals surface area contributed by atoms with Crippen LogP contribution in [0.1, 0.15) is 43.2 Å². The normalized spacial score (nSPS) is 25.7. The Morgan fingerprint density at radius 2 is 2.08 bits per heavy atom. The van der Waals surface area contributed by atoms with Crippen molar-refractivity contribution < 1.29 is 18.3 Å². The molecule has 1 saturated carbocycles. The number of aromatic nitrogens is 1. The zero-order valence-corrected chi connectivity index (χ0v) is 16.4. The van der Waals surface area contributed by atoms with Crippen LogP contribution in [0.3, 0.4) is 0 Å². The second-order valence-electron chi connectivity index (χ2n) is 7.64. The largest absolute Gasteiger partial charge is 0.464 e. The lowest BCUT2D eigenvalue weighted by atomic mass is 9.82. The van der Waals surface area contributed by atoms with Gasteiger partial charge in [-0.05, 0) is 38.0 Å². The molecule has 1 aliphatic heterocycles. The van der Waals surface area contributed by atoms with Crippen molar-refractivity contribution >= 4 is 11.3 Å². The molecule has 0 radical (unpaired) electrons. The van der Waals surface area contributed by atoms with Crippen molar-refractivity contribution in [2.24, 2.45) is 11.7 Å². The van der Waals surface area contributed by atoms with Gasteiger partial charge < -0.3 is 15.2 Å². The Morgan fingerprint density at radius 1 is 1.35 bits per heavy atom. The van der Waals surface area contributed by atoms with Crippen LogP contribution < -0.4 is 10.5 Å². The summed E-state index contributed by atoms with van der Waals surface area (Å²) in [5.41, 5.74) is 6.97. The van der Waals surface area contributed by atoms with Crippen LogP contribution in [0.2, 0.25) is 0 Å². The molecule has 1 aromatic heterocycles. The van der Waals surface area contributed by atoms with Gasteiger partial charge in [0, 0.05) is 44.6 Å². The van der Waals surface area contributed by atoms with Crippen LogP contribution in [0.5, 0.6) is 5.19 Å². The number of ether oxygens (including phenoxy) is 2. The summed E-state index contributed by atoms with van der Waals surface area (Å²) < 4.78 is 36.9. The molecule has 1 atom stereocenters. The Balaban J connectivity index is 1.55. The highest BCUT2D eigenvalue weighted by atomic mass is 32.1. The monoisotopic (exact) mass is 389 g/mol. The fourth-order valence-corrected chi connectivity index (χ4v) is 4.73. The molecule has 3 rings (SSSR count). The van der Waals surface area contributed by atoms with Gasteiger partial charge in [-0.3, -0.25) is 4.90 Å². The van der Waals surface area contributed by atoms with Crippen molar-refractivity contribution in [2.45, 2.75) is 63.6 Å². The summed E-state index contributed by atoms with van der Waals surface area (Å²) in [6, 6.07) is 0.338. The smallest absolute Gasteiger partial charge is 0.278 e. The average Bonchev–Trinajstić information content (AvgIpc) is 3.00. The number of hydrogen-bond donors (Lipinski definition) is 1. The molecule has 0 spiro atoms. The summed E-state index contributed by atoms with van der Waals surface area (Å²) in [6.07, 6.45) is 5.48. The molecule has 8 heteroatoms. The first kappa shape index (κ1) is 19.9. The van der Waals surface area contributed by atoms with Crippen molar-refractivity contribution in [2.75, 3.05) is 26.8 Å². The molecule has 2 heterocycles. The summed E-state index contributed by atoms with van der Waals surface area (Å²) in [5.74, 6) is -2.28. The maximum atomic E-state index is 13.0. The molecule has 0 saturated heterocycles. The molecule has 0 amide bonds. The Bertz CT molecular complexity index is 585. The third-order valence-corrected chi connectivity index (χ3v) is 6.39. The molecule has 0 aromatic carbocycles. The molecule has 1 unspecified atom stereocenters. The lowest BCUT2D eigenvalue weighted by Crippen LogP contribution is -2.42. The predicted molar refractivity (Wildman–Crippen MR) is 97.9 cm³/mol. The van der Waals surface area contributed by atoms with Gasteiger partial charge >= 0.3 is 0 Å². The Labute approximate surface area is 157 Å². The van der Waals surface area contributed by atoms with Crippen LogP contribution in [-0.2, 0) is 17.7 Å². The van der Waals surface area contributed by atoms with E-state index >= 15 is 0 Å².